The first-order valence-electron chi connectivity index (χ1n) is 6.57. The van der Waals surface area contributed by atoms with E-state index in [2.05, 4.69) is 4.72 Å². The highest BCUT2D eigenvalue weighted by atomic mass is 32.2. The number of carbonyl (C=O) groups is 1. The van der Waals surface area contributed by atoms with E-state index in [0.717, 1.165) is 11.3 Å². The fourth-order valence-corrected chi connectivity index (χ4v) is 4.61. The molecule has 0 unspecified atom stereocenters. The van der Waals surface area contributed by atoms with Crippen molar-refractivity contribution in [2.45, 2.75) is 16.7 Å². The van der Waals surface area contributed by atoms with E-state index >= 15 is 0 Å². The van der Waals surface area contributed by atoms with E-state index in [1.807, 2.05) is 0 Å². The van der Waals surface area contributed by atoms with Crippen molar-refractivity contribution in [2.75, 3.05) is 11.4 Å². The Morgan fingerprint density at radius 3 is 2.77 bits per heavy atom. The molecule has 1 amide bonds. The highest BCUT2D eigenvalue weighted by Crippen LogP contribution is 2.24. The monoisotopic (exact) mass is 340 g/mol. The Bertz CT molecular complexity index is 790. The number of benzene rings is 1. The summed E-state index contributed by atoms with van der Waals surface area (Å²) in [5, 5.41) is 1.67. The normalized spacial score (nSPS) is 18.9. The minimum absolute atomic E-state index is 0.0567. The lowest BCUT2D eigenvalue weighted by Crippen LogP contribution is -2.36. The van der Waals surface area contributed by atoms with Crippen LogP contribution < -0.4 is 9.62 Å². The zero-order chi connectivity index (χ0) is 15.7. The Kier molecular flexibility index (Phi) is 3.98. The quantitative estimate of drug-likeness (QED) is 0.925. The molecule has 22 heavy (non-hydrogen) atoms. The van der Waals surface area contributed by atoms with Gasteiger partial charge in [-0.05, 0) is 29.6 Å². The average molecular weight is 340 g/mol. The summed E-state index contributed by atoms with van der Waals surface area (Å²) in [4.78, 5) is 13.4. The minimum Gasteiger partial charge on any atom is -0.311 e. The largest absolute Gasteiger partial charge is 0.311 e. The number of carbonyl (C=O) groups excluding carboxylic acids is 1. The van der Waals surface area contributed by atoms with Crippen LogP contribution in [0.1, 0.15) is 6.42 Å². The number of nitrogens with one attached hydrogen (secondary N) is 1. The molecule has 1 N–H and O–H groups in total. The molecular weight excluding hydrogens is 327 g/mol. The SMILES string of the molecule is O=C1C[C@@H](NS(=O)(=O)c2cccs2)CN1c1cccc(F)c1. The van der Waals surface area contributed by atoms with Gasteiger partial charge < -0.3 is 4.90 Å². The summed E-state index contributed by atoms with van der Waals surface area (Å²) in [6.07, 6.45) is 0.0567. The average Bonchev–Trinajstić information content (AvgIpc) is 3.08. The predicted molar refractivity (Wildman–Crippen MR) is 81.8 cm³/mol. The van der Waals surface area contributed by atoms with E-state index in [1.54, 1.807) is 17.5 Å². The molecule has 0 saturated carbocycles. The van der Waals surface area contributed by atoms with Crippen LogP contribution in [-0.2, 0) is 14.8 Å². The molecular formula is C14H13FN2O3S2. The lowest BCUT2D eigenvalue weighted by Gasteiger charge is -2.17. The molecule has 1 aliphatic rings. The third kappa shape index (κ3) is 3.03. The maximum absolute atomic E-state index is 13.3. The van der Waals surface area contributed by atoms with Gasteiger partial charge in [-0.15, -0.1) is 11.3 Å². The van der Waals surface area contributed by atoms with E-state index in [0.29, 0.717) is 5.69 Å². The van der Waals surface area contributed by atoms with Gasteiger partial charge in [0, 0.05) is 24.7 Å². The summed E-state index contributed by atoms with van der Waals surface area (Å²) in [5.74, 6) is -0.669. The van der Waals surface area contributed by atoms with E-state index < -0.39 is 21.9 Å². The van der Waals surface area contributed by atoms with Gasteiger partial charge in [0.2, 0.25) is 15.9 Å². The topological polar surface area (TPSA) is 66.5 Å². The summed E-state index contributed by atoms with van der Waals surface area (Å²) >= 11 is 1.11. The summed E-state index contributed by atoms with van der Waals surface area (Å²) in [5.41, 5.74) is 0.433. The van der Waals surface area contributed by atoms with Crippen LogP contribution in [0.4, 0.5) is 10.1 Å². The van der Waals surface area contributed by atoms with Gasteiger partial charge in [-0.2, -0.15) is 0 Å². The molecule has 0 spiro atoms. The van der Waals surface area contributed by atoms with E-state index in [1.165, 1.54) is 29.2 Å². The number of nitrogens with zero attached hydrogens (tertiary/aromatic N) is 1. The van der Waals surface area contributed by atoms with Gasteiger partial charge in [0.15, 0.2) is 0 Å². The summed E-state index contributed by atoms with van der Waals surface area (Å²) in [6, 6.07) is 8.32. The number of halogens is 1. The molecule has 1 aliphatic heterocycles. The number of rotatable bonds is 4. The van der Waals surface area contributed by atoms with Crippen molar-refractivity contribution in [3.63, 3.8) is 0 Å². The Morgan fingerprint density at radius 2 is 2.09 bits per heavy atom. The zero-order valence-electron chi connectivity index (χ0n) is 11.4. The standard InChI is InChI=1S/C14H13FN2O3S2/c15-10-3-1-4-12(7-10)17-9-11(8-13(17)18)16-22(19,20)14-5-2-6-21-14/h1-7,11,16H,8-9H2/t11-/m1/s1. The second-order valence-corrected chi connectivity index (χ2v) is 7.83. The number of hydrogen-bond donors (Lipinski definition) is 1. The fourth-order valence-electron chi connectivity index (χ4n) is 2.37. The van der Waals surface area contributed by atoms with Gasteiger partial charge in [-0.1, -0.05) is 12.1 Å². The molecule has 1 atom stereocenters. The summed E-state index contributed by atoms with van der Waals surface area (Å²) in [6.45, 7) is 0.187. The molecule has 2 heterocycles. The van der Waals surface area contributed by atoms with Crippen molar-refractivity contribution in [3.05, 3.63) is 47.6 Å². The Morgan fingerprint density at radius 1 is 1.27 bits per heavy atom. The molecule has 5 nitrogen and oxygen atoms in total. The number of amides is 1. The van der Waals surface area contributed by atoms with E-state index in [-0.39, 0.29) is 23.1 Å². The van der Waals surface area contributed by atoms with E-state index in [9.17, 15) is 17.6 Å². The van der Waals surface area contributed by atoms with Gasteiger partial charge in [0.05, 0.1) is 0 Å². The van der Waals surface area contributed by atoms with Crippen molar-refractivity contribution < 1.29 is 17.6 Å². The number of sulfonamides is 1. The molecule has 0 bridgehead atoms. The van der Waals surface area contributed by atoms with Crippen LogP contribution in [-0.4, -0.2) is 26.9 Å². The number of anilines is 1. The van der Waals surface area contributed by atoms with Crippen LogP contribution in [0.5, 0.6) is 0 Å². The first-order valence-corrected chi connectivity index (χ1v) is 8.94. The maximum Gasteiger partial charge on any atom is 0.250 e. The molecule has 2 aromatic rings. The lowest BCUT2D eigenvalue weighted by molar-refractivity contribution is -0.117. The number of hydrogen-bond acceptors (Lipinski definition) is 4. The molecule has 0 radical (unpaired) electrons. The van der Waals surface area contributed by atoms with Gasteiger partial charge in [-0.3, -0.25) is 4.79 Å². The van der Waals surface area contributed by atoms with Crippen LogP contribution >= 0.6 is 11.3 Å². The number of thiophene rings is 1. The van der Waals surface area contributed by atoms with Gasteiger partial charge in [0.25, 0.3) is 0 Å². The Hall–Kier alpha value is -1.77. The van der Waals surface area contributed by atoms with Crippen LogP contribution in [0, 0.1) is 5.82 Å². The Balaban J connectivity index is 1.75. The van der Waals surface area contributed by atoms with Crippen LogP contribution in [0.15, 0.2) is 46.0 Å². The van der Waals surface area contributed by atoms with Crippen molar-refractivity contribution in [1.82, 2.24) is 4.72 Å². The van der Waals surface area contributed by atoms with Gasteiger partial charge in [0.1, 0.15) is 10.0 Å². The molecule has 116 valence electrons. The van der Waals surface area contributed by atoms with Crippen LogP contribution in [0.2, 0.25) is 0 Å². The molecule has 1 saturated heterocycles. The van der Waals surface area contributed by atoms with Crippen molar-refractivity contribution in [3.8, 4) is 0 Å². The van der Waals surface area contributed by atoms with Crippen molar-refractivity contribution in [1.29, 1.82) is 0 Å². The summed E-state index contributed by atoms with van der Waals surface area (Å²) in [7, 11) is -3.62. The summed E-state index contributed by atoms with van der Waals surface area (Å²) < 4.78 is 40.3. The van der Waals surface area contributed by atoms with E-state index in [4.69, 9.17) is 0 Å². The minimum atomic E-state index is -3.62. The fraction of sp³-hybridized carbons (Fsp3) is 0.214. The third-order valence-corrected chi connectivity index (χ3v) is 6.24. The molecule has 0 aliphatic carbocycles. The molecule has 1 aromatic heterocycles. The molecule has 3 rings (SSSR count). The highest BCUT2D eigenvalue weighted by Gasteiger charge is 2.33. The Labute approximate surface area is 131 Å². The zero-order valence-corrected chi connectivity index (χ0v) is 13.0. The second kappa shape index (κ2) is 5.79. The van der Waals surface area contributed by atoms with Crippen LogP contribution in [0.3, 0.4) is 0 Å². The first kappa shape index (κ1) is 15.1. The third-order valence-electron chi connectivity index (χ3n) is 3.33. The molecule has 1 fully saturated rings. The maximum atomic E-state index is 13.3. The molecule has 1 aromatic carbocycles. The smallest absolute Gasteiger partial charge is 0.250 e. The molecule has 8 heteroatoms. The van der Waals surface area contributed by atoms with Crippen LogP contribution in [0.25, 0.3) is 0 Å². The lowest BCUT2D eigenvalue weighted by atomic mass is 10.3. The first-order chi connectivity index (χ1) is 10.5. The van der Waals surface area contributed by atoms with Crippen molar-refractivity contribution >= 4 is 33.0 Å². The highest BCUT2D eigenvalue weighted by molar-refractivity contribution is 7.91. The van der Waals surface area contributed by atoms with Gasteiger partial charge >= 0.3 is 0 Å². The van der Waals surface area contributed by atoms with Gasteiger partial charge in [-0.25, -0.2) is 17.5 Å². The van der Waals surface area contributed by atoms with Crippen molar-refractivity contribution in [2.24, 2.45) is 0 Å². The predicted octanol–water partition coefficient (Wildman–Crippen LogP) is 1.97. The second-order valence-electron chi connectivity index (χ2n) is 4.94.